The Morgan fingerprint density at radius 1 is 0.588 bits per heavy atom. The van der Waals surface area contributed by atoms with Gasteiger partial charge in [0, 0.05) is 23.6 Å². The van der Waals surface area contributed by atoms with Gasteiger partial charge in [-0.3, -0.25) is 9.98 Å². The number of rotatable bonds is 8. The average Bonchev–Trinajstić information content (AvgIpc) is 2.86. The number of hydrogen-bond donors (Lipinski definition) is 2. The SMILES string of the molecule is C=C(Cc1cccc(C=Nc2ccccc2)c1O)Cc1cccc(C=Nc2ccccc2)c1O. The summed E-state index contributed by atoms with van der Waals surface area (Å²) in [6.45, 7) is 4.18. The highest BCUT2D eigenvalue weighted by Crippen LogP contribution is 2.28. The maximum Gasteiger partial charge on any atom is 0.127 e. The topological polar surface area (TPSA) is 65.2 Å². The molecule has 0 aromatic heterocycles. The van der Waals surface area contributed by atoms with E-state index in [1.54, 1.807) is 12.4 Å². The van der Waals surface area contributed by atoms with Crippen LogP contribution in [-0.4, -0.2) is 22.6 Å². The Morgan fingerprint density at radius 2 is 1.00 bits per heavy atom. The molecule has 0 atom stereocenters. The number of aromatic hydroxyl groups is 2. The van der Waals surface area contributed by atoms with Crippen molar-refractivity contribution in [3.05, 3.63) is 131 Å². The molecule has 168 valence electrons. The molecule has 4 rings (SSSR count). The quantitative estimate of drug-likeness (QED) is 0.227. The van der Waals surface area contributed by atoms with Crippen molar-refractivity contribution in [1.29, 1.82) is 0 Å². The minimum atomic E-state index is 0.191. The predicted molar refractivity (Wildman–Crippen MR) is 140 cm³/mol. The van der Waals surface area contributed by atoms with Gasteiger partial charge in [0.05, 0.1) is 11.4 Å². The van der Waals surface area contributed by atoms with Crippen molar-refractivity contribution in [1.82, 2.24) is 0 Å². The standard InChI is InChI=1S/C30H26N2O2/c1-22(18-23-10-8-12-25(29(23)33)20-31-27-14-4-2-5-15-27)19-24-11-9-13-26(30(24)34)21-32-28-16-6-3-7-17-28/h2-17,20-21,33-34H,1,18-19H2. The number of hydrogen-bond acceptors (Lipinski definition) is 4. The lowest BCUT2D eigenvalue weighted by Crippen LogP contribution is -1.98. The average molecular weight is 447 g/mol. The molecule has 0 spiro atoms. The Hall–Kier alpha value is -4.44. The monoisotopic (exact) mass is 446 g/mol. The van der Waals surface area contributed by atoms with Gasteiger partial charge in [0.15, 0.2) is 0 Å². The second kappa shape index (κ2) is 10.9. The summed E-state index contributed by atoms with van der Waals surface area (Å²) in [5.74, 6) is 0.382. The fourth-order valence-corrected chi connectivity index (χ4v) is 3.63. The van der Waals surface area contributed by atoms with Gasteiger partial charge in [-0.2, -0.15) is 0 Å². The molecule has 0 fully saturated rings. The van der Waals surface area contributed by atoms with E-state index < -0.39 is 0 Å². The lowest BCUT2D eigenvalue weighted by Gasteiger charge is -2.12. The van der Waals surface area contributed by atoms with Crippen molar-refractivity contribution in [3.63, 3.8) is 0 Å². The van der Waals surface area contributed by atoms with Gasteiger partial charge in [-0.25, -0.2) is 0 Å². The van der Waals surface area contributed by atoms with Crippen molar-refractivity contribution >= 4 is 23.8 Å². The van der Waals surface area contributed by atoms with Crippen LogP contribution >= 0.6 is 0 Å². The zero-order chi connectivity index (χ0) is 23.8. The molecular formula is C30H26N2O2. The van der Waals surface area contributed by atoms with Crippen molar-refractivity contribution < 1.29 is 10.2 Å². The Labute approximate surface area is 199 Å². The zero-order valence-electron chi connectivity index (χ0n) is 18.8. The van der Waals surface area contributed by atoms with Crippen molar-refractivity contribution in [2.75, 3.05) is 0 Å². The number of phenols is 2. The van der Waals surface area contributed by atoms with Crippen molar-refractivity contribution in [2.24, 2.45) is 9.98 Å². The molecule has 0 aliphatic rings. The predicted octanol–water partition coefficient (Wildman–Crippen LogP) is 6.94. The third-order valence-corrected chi connectivity index (χ3v) is 5.40. The molecule has 4 aromatic carbocycles. The number of benzene rings is 4. The number of allylic oxidation sites excluding steroid dienone is 1. The van der Waals surface area contributed by atoms with Crippen molar-refractivity contribution in [3.8, 4) is 11.5 Å². The number of nitrogens with zero attached hydrogens (tertiary/aromatic N) is 2. The smallest absolute Gasteiger partial charge is 0.127 e. The fraction of sp³-hybridized carbons (Fsp3) is 0.0667. The first-order valence-corrected chi connectivity index (χ1v) is 11.1. The molecule has 34 heavy (non-hydrogen) atoms. The molecular weight excluding hydrogens is 420 g/mol. The van der Waals surface area contributed by atoms with Crippen LogP contribution in [0.2, 0.25) is 0 Å². The molecule has 0 saturated carbocycles. The normalized spacial score (nSPS) is 11.3. The van der Waals surface area contributed by atoms with Gasteiger partial charge in [-0.05, 0) is 60.4 Å². The largest absolute Gasteiger partial charge is 0.507 e. The highest BCUT2D eigenvalue weighted by molar-refractivity contribution is 5.86. The van der Waals surface area contributed by atoms with Gasteiger partial charge in [0.2, 0.25) is 0 Å². The fourth-order valence-electron chi connectivity index (χ4n) is 3.63. The molecule has 0 saturated heterocycles. The van der Waals surface area contributed by atoms with E-state index in [9.17, 15) is 10.2 Å². The Bertz CT molecular complexity index is 1220. The van der Waals surface area contributed by atoms with Gasteiger partial charge < -0.3 is 10.2 Å². The van der Waals surface area contributed by atoms with E-state index in [1.165, 1.54) is 0 Å². The molecule has 4 aromatic rings. The second-order valence-electron chi connectivity index (χ2n) is 8.00. The molecule has 0 radical (unpaired) electrons. The summed E-state index contributed by atoms with van der Waals surface area (Å²) in [5, 5.41) is 21.5. The van der Waals surface area contributed by atoms with E-state index in [-0.39, 0.29) is 11.5 Å². The van der Waals surface area contributed by atoms with Crippen LogP contribution in [0.15, 0.2) is 119 Å². The summed E-state index contributed by atoms with van der Waals surface area (Å²) in [6.07, 6.45) is 4.30. The van der Waals surface area contributed by atoms with Crippen LogP contribution in [0.25, 0.3) is 0 Å². The van der Waals surface area contributed by atoms with E-state index in [0.717, 1.165) is 28.1 Å². The van der Waals surface area contributed by atoms with Crippen LogP contribution in [0.4, 0.5) is 11.4 Å². The van der Waals surface area contributed by atoms with Crippen LogP contribution < -0.4 is 0 Å². The van der Waals surface area contributed by atoms with E-state index in [1.807, 2.05) is 97.1 Å². The lowest BCUT2D eigenvalue weighted by atomic mass is 9.96. The van der Waals surface area contributed by atoms with E-state index in [4.69, 9.17) is 0 Å². The second-order valence-corrected chi connectivity index (χ2v) is 8.00. The number of aliphatic imine (C=N–C) groups is 2. The highest BCUT2D eigenvalue weighted by atomic mass is 16.3. The first kappa shape index (κ1) is 22.7. The molecule has 0 bridgehead atoms. The van der Waals surface area contributed by atoms with Crippen LogP contribution in [0.1, 0.15) is 22.3 Å². The first-order chi connectivity index (χ1) is 16.6. The summed E-state index contributed by atoms with van der Waals surface area (Å²) < 4.78 is 0. The molecule has 0 unspecified atom stereocenters. The van der Waals surface area contributed by atoms with Crippen molar-refractivity contribution in [2.45, 2.75) is 12.8 Å². The summed E-state index contributed by atoms with van der Waals surface area (Å²) >= 11 is 0. The van der Waals surface area contributed by atoms with Gasteiger partial charge >= 0.3 is 0 Å². The molecule has 0 amide bonds. The minimum absolute atomic E-state index is 0.191. The maximum atomic E-state index is 10.8. The first-order valence-electron chi connectivity index (χ1n) is 11.1. The van der Waals surface area contributed by atoms with Crippen LogP contribution in [0.3, 0.4) is 0 Å². The van der Waals surface area contributed by atoms with E-state index in [2.05, 4.69) is 16.6 Å². The minimum Gasteiger partial charge on any atom is -0.507 e. The maximum absolute atomic E-state index is 10.8. The van der Waals surface area contributed by atoms with Gasteiger partial charge in [0.25, 0.3) is 0 Å². The highest BCUT2D eigenvalue weighted by Gasteiger charge is 2.11. The third-order valence-electron chi connectivity index (χ3n) is 5.40. The van der Waals surface area contributed by atoms with Crippen LogP contribution in [0, 0.1) is 0 Å². The Kier molecular flexibility index (Phi) is 7.31. The summed E-state index contributed by atoms with van der Waals surface area (Å²) in [6, 6.07) is 30.4. The molecule has 0 aliphatic carbocycles. The van der Waals surface area contributed by atoms with Crippen LogP contribution in [0.5, 0.6) is 11.5 Å². The van der Waals surface area contributed by atoms with E-state index in [0.29, 0.717) is 24.0 Å². The summed E-state index contributed by atoms with van der Waals surface area (Å²) in [4.78, 5) is 8.87. The van der Waals surface area contributed by atoms with Crippen LogP contribution in [-0.2, 0) is 12.8 Å². The van der Waals surface area contributed by atoms with E-state index >= 15 is 0 Å². The van der Waals surface area contributed by atoms with Gasteiger partial charge in [0.1, 0.15) is 11.5 Å². The number of phenolic OH excluding ortho intramolecular Hbond substituents is 2. The number of para-hydroxylation sites is 4. The van der Waals surface area contributed by atoms with Gasteiger partial charge in [-0.15, -0.1) is 0 Å². The third kappa shape index (κ3) is 5.87. The molecule has 0 heterocycles. The Balaban J connectivity index is 1.46. The van der Waals surface area contributed by atoms with Gasteiger partial charge in [-0.1, -0.05) is 72.8 Å². The zero-order valence-corrected chi connectivity index (χ0v) is 18.8. The lowest BCUT2D eigenvalue weighted by molar-refractivity contribution is 0.467. The Morgan fingerprint density at radius 3 is 1.41 bits per heavy atom. The summed E-state index contributed by atoms with van der Waals surface area (Å²) in [5.41, 5.74) is 5.35. The molecule has 4 nitrogen and oxygen atoms in total. The molecule has 4 heteroatoms. The molecule has 0 aliphatic heterocycles. The molecule has 2 N–H and O–H groups in total. The summed E-state index contributed by atoms with van der Waals surface area (Å²) in [7, 11) is 0.